The first kappa shape index (κ1) is 19.5. The van der Waals surface area contributed by atoms with Gasteiger partial charge in [0.1, 0.15) is 11.5 Å². The van der Waals surface area contributed by atoms with Gasteiger partial charge in [-0.15, -0.1) is 0 Å². The highest BCUT2D eigenvalue weighted by Crippen LogP contribution is 2.37. The molecule has 1 aromatic carbocycles. The van der Waals surface area contributed by atoms with Crippen molar-refractivity contribution >= 4 is 6.29 Å². The fourth-order valence-corrected chi connectivity index (χ4v) is 2.83. The van der Waals surface area contributed by atoms with Crippen molar-refractivity contribution < 1.29 is 20.1 Å². The Labute approximate surface area is 139 Å². The number of aldehydes is 1. The molecule has 0 saturated carbocycles. The summed E-state index contributed by atoms with van der Waals surface area (Å²) < 4.78 is 0. The fraction of sp³-hybridized carbons (Fsp3) is 0.632. The van der Waals surface area contributed by atoms with E-state index >= 15 is 0 Å². The van der Waals surface area contributed by atoms with Crippen LogP contribution >= 0.6 is 0 Å². The number of benzene rings is 1. The van der Waals surface area contributed by atoms with Gasteiger partial charge in [0, 0.05) is 0 Å². The summed E-state index contributed by atoms with van der Waals surface area (Å²) >= 11 is 0. The molecule has 1 unspecified atom stereocenters. The van der Waals surface area contributed by atoms with Gasteiger partial charge in [-0.1, -0.05) is 64.7 Å². The molecule has 130 valence electrons. The number of hydrogen-bond donors (Lipinski definition) is 3. The van der Waals surface area contributed by atoms with Crippen molar-refractivity contribution in [1.82, 2.24) is 0 Å². The van der Waals surface area contributed by atoms with E-state index in [4.69, 9.17) is 0 Å². The zero-order chi connectivity index (χ0) is 17.1. The van der Waals surface area contributed by atoms with Gasteiger partial charge < -0.3 is 15.3 Å². The van der Waals surface area contributed by atoms with E-state index in [0.717, 1.165) is 19.3 Å². The normalized spacial score (nSPS) is 12.3. The number of aromatic hydroxyl groups is 2. The third kappa shape index (κ3) is 6.61. The standard InChI is InChI=1S/C19H30O4/c1-2-3-4-5-6-7-8-9-10-11-16(21)18-17(22)13-12-15(14-20)19(18)23/h12-14,16,21-23H,2-11H2,1H3. The Bertz CT molecular complexity index is 471. The van der Waals surface area contributed by atoms with Crippen LogP contribution in [0.1, 0.15) is 93.2 Å². The molecule has 1 atom stereocenters. The molecule has 4 nitrogen and oxygen atoms in total. The fourth-order valence-electron chi connectivity index (χ4n) is 2.83. The molecule has 0 aliphatic carbocycles. The van der Waals surface area contributed by atoms with Gasteiger partial charge in [0.05, 0.1) is 17.2 Å². The number of aliphatic hydroxyl groups is 1. The van der Waals surface area contributed by atoms with E-state index < -0.39 is 6.10 Å². The Kier molecular flexibility index (Phi) is 9.37. The van der Waals surface area contributed by atoms with Crippen LogP contribution < -0.4 is 0 Å². The van der Waals surface area contributed by atoms with Crippen LogP contribution in [0.2, 0.25) is 0 Å². The number of unbranched alkanes of at least 4 members (excludes halogenated alkanes) is 8. The maximum Gasteiger partial charge on any atom is 0.153 e. The van der Waals surface area contributed by atoms with Gasteiger partial charge in [-0.05, 0) is 18.6 Å². The summed E-state index contributed by atoms with van der Waals surface area (Å²) in [4.78, 5) is 10.8. The summed E-state index contributed by atoms with van der Waals surface area (Å²) in [5, 5.41) is 29.9. The molecule has 1 aromatic rings. The van der Waals surface area contributed by atoms with Crippen LogP contribution in [0.3, 0.4) is 0 Å². The molecule has 0 amide bonds. The lowest BCUT2D eigenvalue weighted by atomic mass is 9.98. The second-order valence-electron chi connectivity index (χ2n) is 6.19. The molecule has 0 spiro atoms. The van der Waals surface area contributed by atoms with Crippen LogP contribution in [0.15, 0.2) is 12.1 Å². The largest absolute Gasteiger partial charge is 0.507 e. The Morgan fingerprint density at radius 1 is 0.957 bits per heavy atom. The van der Waals surface area contributed by atoms with E-state index in [-0.39, 0.29) is 22.6 Å². The molecule has 0 aromatic heterocycles. The summed E-state index contributed by atoms with van der Waals surface area (Å²) in [5.41, 5.74) is 0.151. The molecule has 0 aliphatic heterocycles. The topological polar surface area (TPSA) is 77.8 Å². The van der Waals surface area contributed by atoms with Crippen molar-refractivity contribution in [2.75, 3.05) is 0 Å². The maximum atomic E-state index is 10.8. The minimum atomic E-state index is -0.945. The molecule has 0 fully saturated rings. The first-order valence-electron chi connectivity index (χ1n) is 8.79. The molecule has 1 rings (SSSR count). The molecule has 0 aliphatic rings. The molecule has 0 heterocycles. The van der Waals surface area contributed by atoms with Crippen molar-refractivity contribution in [2.45, 2.75) is 77.2 Å². The number of phenolic OH excluding ortho intramolecular Hbond substituents is 2. The van der Waals surface area contributed by atoms with Crippen molar-refractivity contribution in [3.05, 3.63) is 23.3 Å². The van der Waals surface area contributed by atoms with Crippen molar-refractivity contribution in [1.29, 1.82) is 0 Å². The van der Waals surface area contributed by atoms with Crippen LogP contribution in [0.5, 0.6) is 11.5 Å². The summed E-state index contributed by atoms with van der Waals surface area (Å²) in [6.07, 6.45) is 10.7. The second kappa shape index (κ2) is 11.1. The van der Waals surface area contributed by atoms with Crippen LogP contribution in [-0.2, 0) is 0 Å². The first-order chi connectivity index (χ1) is 11.1. The van der Waals surface area contributed by atoms with Gasteiger partial charge >= 0.3 is 0 Å². The van der Waals surface area contributed by atoms with Gasteiger partial charge in [-0.2, -0.15) is 0 Å². The number of rotatable bonds is 12. The van der Waals surface area contributed by atoms with Gasteiger partial charge in [0.25, 0.3) is 0 Å². The summed E-state index contributed by atoms with van der Waals surface area (Å²) in [7, 11) is 0. The van der Waals surface area contributed by atoms with Gasteiger partial charge in [-0.3, -0.25) is 4.79 Å². The third-order valence-electron chi connectivity index (χ3n) is 4.27. The molecular weight excluding hydrogens is 292 g/mol. The lowest BCUT2D eigenvalue weighted by molar-refractivity contribution is 0.111. The highest BCUT2D eigenvalue weighted by Gasteiger charge is 2.19. The van der Waals surface area contributed by atoms with Crippen LogP contribution in [-0.4, -0.2) is 21.6 Å². The molecule has 0 bridgehead atoms. The Morgan fingerprint density at radius 2 is 1.52 bits per heavy atom. The zero-order valence-electron chi connectivity index (χ0n) is 14.1. The predicted octanol–water partition coefficient (Wildman–Crippen LogP) is 4.86. The lowest BCUT2D eigenvalue weighted by Crippen LogP contribution is -2.00. The van der Waals surface area contributed by atoms with Crippen LogP contribution in [0.4, 0.5) is 0 Å². The van der Waals surface area contributed by atoms with E-state index in [2.05, 4.69) is 6.92 Å². The van der Waals surface area contributed by atoms with E-state index in [1.54, 1.807) is 0 Å². The highest BCUT2D eigenvalue weighted by molar-refractivity contribution is 5.81. The molecule has 0 radical (unpaired) electrons. The van der Waals surface area contributed by atoms with Gasteiger partial charge in [0.2, 0.25) is 0 Å². The average Bonchev–Trinajstić information content (AvgIpc) is 2.53. The smallest absolute Gasteiger partial charge is 0.153 e. The number of hydrogen-bond acceptors (Lipinski definition) is 4. The predicted molar refractivity (Wildman–Crippen MR) is 92.0 cm³/mol. The number of aliphatic hydroxyl groups excluding tert-OH is 1. The van der Waals surface area contributed by atoms with Crippen molar-refractivity contribution in [2.24, 2.45) is 0 Å². The van der Waals surface area contributed by atoms with Crippen molar-refractivity contribution in [3.63, 3.8) is 0 Å². The Hall–Kier alpha value is -1.55. The SMILES string of the molecule is CCCCCCCCCCCC(O)c1c(O)ccc(C=O)c1O. The first-order valence-corrected chi connectivity index (χ1v) is 8.79. The Balaban J connectivity index is 2.29. The maximum absolute atomic E-state index is 10.8. The van der Waals surface area contributed by atoms with E-state index in [9.17, 15) is 20.1 Å². The second-order valence-corrected chi connectivity index (χ2v) is 6.19. The van der Waals surface area contributed by atoms with Gasteiger partial charge in [-0.25, -0.2) is 0 Å². The Morgan fingerprint density at radius 3 is 2.09 bits per heavy atom. The van der Waals surface area contributed by atoms with Crippen LogP contribution in [0, 0.1) is 0 Å². The summed E-state index contributed by atoms with van der Waals surface area (Å²) in [5.74, 6) is -0.486. The lowest BCUT2D eigenvalue weighted by Gasteiger charge is -2.15. The average molecular weight is 322 g/mol. The number of carbonyl (C=O) groups excluding carboxylic acids is 1. The zero-order valence-corrected chi connectivity index (χ0v) is 14.1. The molecule has 4 heteroatoms. The third-order valence-corrected chi connectivity index (χ3v) is 4.27. The number of phenols is 2. The van der Waals surface area contributed by atoms with E-state index in [0.29, 0.717) is 12.7 Å². The highest BCUT2D eigenvalue weighted by atomic mass is 16.3. The van der Waals surface area contributed by atoms with E-state index in [1.165, 1.54) is 50.7 Å². The van der Waals surface area contributed by atoms with Gasteiger partial charge in [0.15, 0.2) is 6.29 Å². The molecule has 0 saturated heterocycles. The minimum absolute atomic E-state index is 0.0640. The van der Waals surface area contributed by atoms with E-state index in [1.807, 2.05) is 0 Å². The summed E-state index contributed by atoms with van der Waals surface area (Å²) in [6, 6.07) is 2.67. The number of carbonyl (C=O) groups is 1. The monoisotopic (exact) mass is 322 g/mol. The quantitative estimate of drug-likeness (QED) is 0.379. The molecule has 3 N–H and O–H groups in total. The summed E-state index contributed by atoms with van der Waals surface area (Å²) in [6.45, 7) is 2.21. The molecule has 23 heavy (non-hydrogen) atoms. The van der Waals surface area contributed by atoms with Crippen molar-refractivity contribution in [3.8, 4) is 11.5 Å². The molecular formula is C19H30O4. The van der Waals surface area contributed by atoms with Crippen LogP contribution in [0.25, 0.3) is 0 Å². The minimum Gasteiger partial charge on any atom is -0.507 e.